The zero-order chi connectivity index (χ0) is 7.68. The molecule has 2 atom stereocenters. The van der Waals surface area contributed by atoms with Gasteiger partial charge in [-0.3, -0.25) is 0 Å². The zero-order valence-electron chi connectivity index (χ0n) is 7.00. The van der Waals surface area contributed by atoms with Crippen molar-refractivity contribution in [3.63, 3.8) is 0 Å². The van der Waals surface area contributed by atoms with Gasteiger partial charge in [0.2, 0.25) is 0 Å². The Balaban J connectivity index is 1.93. The summed E-state index contributed by atoms with van der Waals surface area (Å²) in [6.45, 7) is 2.41. The molecular formula is C9H17NO. The van der Waals surface area contributed by atoms with Gasteiger partial charge in [-0.2, -0.15) is 0 Å². The summed E-state index contributed by atoms with van der Waals surface area (Å²) < 4.78 is 0. The number of piperidine rings is 2. The maximum atomic E-state index is 9.42. The van der Waals surface area contributed by atoms with Crippen LogP contribution in [0, 0.1) is 0 Å². The molecule has 0 spiro atoms. The molecule has 0 unspecified atom stereocenters. The minimum Gasteiger partial charge on any atom is -0.393 e. The van der Waals surface area contributed by atoms with E-state index in [1.165, 1.54) is 25.8 Å². The van der Waals surface area contributed by atoms with Gasteiger partial charge in [-0.1, -0.05) is 6.42 Å². The fourth-order valence-corrected chi connectivity index (χ4v) is 2.37. The molecule has 2 aliphatic rings. The van der Waals surface area contributed by atoms with E-state index in [1.54, 1.807) is 0 Å². The van der Waals surface area contributed by atoms with E-state index in [9.17, 15) is 5.11 Å². The van der Waals surface area contributed by atoms with Crippen LogP contribution in [-0.4, -0.2) is 35.2 Å². The van der Waals surface area contributed by atoms with Gasteiger partial charge in [-0.25, -0.2) is 0 Å². The van der Waals surface area contributed by atoms with Crippen molar-refractivity contribution in [1.82, 2.24) is 4.90 Å². The molecule has 0 bridgehead atoms. The number of hydrogen-bond donors (Lipinski definition) is 1. The molecule has 2 nitrogen and oxygen atoms in total. The zero-order valence-corrected chi connectivity index (χ0v) is 7.00. The van der Waals surface area contributed by atoms with Crippen LogP contribution in [0.1, 0.15) is 32.1 Å². The number of rotatable bonds is 0. The molecule has 0 aromatic carbocycles. The monoisotopic (exact) mass is 155 g/mol. The molecule has 2 heterocycles. The Kier molecular flexibility index (Phi) is 2.14. The van der Waals surface area contributed by atoms with Gasteiger partial charge >= 0.3 is 0 Å². The van der Waals surface area contributed by atoms with Crippen molar-refractivity contribution < 1.29 is 5.11 Å². The fourth-order valence-electron chi connectivity index (χ4n) is 2.37. The molecule has 0 radical (unpaired) electrons. The second kappa shape index (κ2) is 3.11. The molecule has 1 N–H and O–H groups in total. The van der Waals surface area contributed by atoms with Gasteiger partial charge in [-0.05, 0) is 32.2 Å². The highest BCUT2D eigenvalue weighted by molar-refractivity contribution is 4.84. The number of aliphatic hydroxyl groups excluding tert-OH is 1. The van der Waals surface area contributed by atoms with Crippen LogP contribution in [0.4, 0.5) is 0 Å². The average molecular weight is 155 g/mol. The Morgan fingerprint density at radius 1 is 1.09 bits per heavy atom. The van der Waals surface area contributed by atoms with Crippen molar-refractivity contribution in [2.45, 2.75) is 44.2 Å². The van der Waals surface area contributed by atoms with Crippen molar-refractivity contribution in [2.75, 3.05) is 13.1 Å². The lowest BCUT2D eigenvalue weighted by Crippen LogP contribution is -2.46. The van der Waals surface area contributed by atoms with Gasteiger partial charge in [-0.15, -0.1) is 0 Å². The van der Waals surface area contributed by atoms with Crippen LogP contribution in [0.15, 0.2) is 0 Å². The first kappa shape index (κ1) is 7.56. The SMILES string of the molecule is O[C@@H]1CCN2CCCC[C@@H]2C1. The van der Waals surface area contributed by atoms with E-state index in [2.05, 4.69) is 4.90 Å². The van der Waals surface area contributed by atoms with Gasteiger partial charge in [0.05, 0.1) is 6.10 Å². The van der Waals surface area contributed by atoms with E-state index < -0.39 is 0 Å². The van der Waals surface area contributed by atoms with Crippen LogP contribution in [0.3, 0.4) is 0 Å². The third-order valence-electron chi connectivity index (χ3n) is 3.04. The van der Waals surface area contributed by atoms with Crippen LogP contribution in [0.5, 0.6) is 0 Å². The highest BCUT2D eigenvalue weighted by Crippen LogP contribution is 2.25. The molecule has 11 heavy (non-hydrogen) atoms. The Hall–Kier alpha value is -0.0800. The maximum Gasteiger partial charge on any atom is 0.0567 e. The summed E-state index contributed by atoms with van der Waals surface area (Å²) in [5.41, 5.74) is 0. The number of hydrogen-bond acceptors (Lipinski definition) is 2. The number of fused-ring (bicyclic) bond motifs is 1. The van der Waals surface area contributed by atoms with Gasteiger partial charge in [0.25, 0.3) is 0 Å². The molecule has 0 aromatic rings. The van der Waals surface area contributed by atoms with Gasteiger partial charge in [0, 0.05) is 12.6 Å². The molecular weight excluding hydrogens is 138 g/mol. The fraction of sp³-hybridized carbons (Fsp3) is 1.00. The van der Waals surface area contributed by atoms with E-state index in [1.807, 2.05) is 0 Å². The summed E-state index contributed by atoms with van der Waals surface area (Å²) in [5, 5.41) is 9.42. The minimum absolute atomic E-state index is 0.00523. The smallest absolute Gasteiger partial charge is 0.0567 e. The number of aliphatic hydroxyl groups is 1. The molecule has 2 heteroatoms. The van der Waals surface area contributed by atoms with Crippen LogP contribution < -0.4 is 0 Å². The number of nitrogens with zero attached hydrogens (tertiary/aromatic N) is 1. The largest absolute Gasteiger partial charge is 0.393 e. The van der Waals surface area contributed by atoms with Crippen LogP contribution in [0.25, 0.3) is 0 Å². The molecule has 0 amide bonds. The molecule has 0 saturated carbocycles. The summed E-state index contributed by atoms with van der Waals surface area (Å²) in [5.74, 6) is 0. The van der Waals surface area contributed by atoms with Crippen LogP contribution in [0.2, 0.25) is 0 Å². The van der Waals surface area contributed by atoms with Crippen molar-refractivity contribution in [3.05, 3.63) is 0 Å². The highest BCUT2D eigenvalue weighted by Gasteiger charge is 2.28. The van der Waals surface area contributed by atoms with Crippen molar-refractivity contribution >= 4 is 0 Å². The summed E-state index contributed by atoms with van der Waals surface area (Å²) in [6, 6.07) is 0.715. The molecule has 64 valence electrons. The quantitative estimate of drug-likeness (QED) is 0.564. The third-order valence-corrected chi connectivity index (χ3v) is 3.04. The Bertz CT molecular complexity index is 138. The minimum atomic E-state index is -0.00523. The predicted octanol–water partition coefficient (Wildman–Crippen LogP) is 0.996. The molecule has 2 rings (SSSR count). The van der Waals surface area contributed by atoms with Crippen LogP contribution in [-0.2, 0) is 0 Å². The first-order chi connectivity index (χ1) is 5.36. The van der Waals surface area contributed by atoms with Gasteiger partial charge < -0.3 is 10.0 Å². The summed E-state index contributed by atoms with van der Waals surface area (Å²) in [4.78, 5) is 2.55. The highest BCUT2D eigenvalue weighted by atomic mass is 16.3. The normalized spacial score (nSPS) is 40.1. The Labute approximate surface area is 68.2 Å². The summed E-state index contributed by atoms with van der Waals surface area (Å²) in [6.07, 6.45) is 6.07. The Morgan fingerprint density at radius 2 is 2.00 bits per heavy atom. The lowest BCUT2D eigenvalue weighted by Gasteiger charge is -2.40. The molecule has 2 saturated heterocycles. The van der Waals surface area contributed by atoms with Gasteiger partial charge in [0.1, 0.15) is 0 Å². The van der Waals surface area contributed by atoms with Crippen molar-refractivity contribution in [3.8, 4) is 0 Å². The van der Waals surface area contributed by atoms with Crippen molar-refractivity contribution in [2.24, 2.45) is 0 Å². The van der Waals surface area contributed by atoms with Crippen molar-refractivity contribution in [1.29, 1.82) is 0 Å². The van der Waals surface area contributed by atoms with E-state index in [0.29, 0.717) is 6.04 Å². The second-order valence-corrected chi connectivity index (χ2v) is 3.86. The first-order valence-electron chi connectivity index (χ1n) is 4.78. The van der Waals surface area contributed by atoms with E-state index >= 15 is 0 Å². The predicted molar refractivity (Wildman–Crippen MR) is 44.5 cm³/mol. The molecule has 0 aromatic heterocycles. The van der Waals surface area contributed by atoms with Crippen LogP contribution >= 0.6 is 0 Å². The summed E-state index contributed by atoms with van der Waals surface area (Å²) >= 11 is 0. The topological polar surface area (TPSA) is 23.5 Å². The molecule has 2 fully saturated rings. The van der Waals surface area contributed by atoms with E-state index in [-0.39, 0.29) is 6.10 Å². The lowest BCUT2D eigenvalue weighted by molar-refractivity contribution is 0.0236. The lowest BCUT2D eigenvalue weighted by atomic mass is 9.92. The average Bonchev–Trinajstić information content (AvgIpc) is 2.04. The molecule has 0 aliphatic carbocycles. The van der Waals surface area contributed by atoms with Gasteiger partial charge in [0.15, 0.2) is 0 Å². The molecule has 2 aliphatic heterocycles. The third kappa shape index (κ3) is 1.57. The maximum absolute atomic E-state index is 9.42. The Morgan fingerprint density at radius 3 is 2.91 bits per heavy atom. The first-order valence-corrected chi connectivity index (χ1v) is 4.78. The standard InChI is InChI=1S/C9H17NO/c11-9-4-6-10-5-2-1-3-8(10)7-9/h8-9,11H,1-7H2/t8-,9-/m1/s1. The van der Waals surface area contributed by atoms with E-state index in [0.717, 1.165) is 19.4 Å². The second-order valence-electron chi connectivity index (χ2n) is 3.86. The van der Waals surface area contributed by atoms with E-state index in [4.69, 9.17) is 0 Å². The summed E-state index contributed by atoms with van der Waals surface area (Å²) in [7, 11) is 0.